The minimum absolute atomic E-state index is 0.212. The number of nitrogens with one attached hydrogen (secondary N) is 1. The molecule has 2 heterocycles. The van der Waals surface area contributed by atoms with Crippen molar-refractivity contribution in [3.05, 3.63) is 128 Å². The molecule has 1 aliphatic rings. The highest BCUT2D eigenvalue weighted by molar-refractivity contribution is 6.83. The van der Waals surface area contributed by atoms with Crippen molar-refractivity contribution in [2.45, 2.75) is 80.8 Å². The van der Waals surface area contributed by atoms with Gasteiger partial charge in [-0.1, -0.05) is 88.5 Å². The number of nitrogens with zero attached hydrogens (tertiary/aromatic N) is 1. The third-order valence-corrected chi connectivity index (χ3v) is 17.6. The van der Waals surface area contributed by atoms with Crippen molar-refractivity contribution in [3.8, 4) is 11.5 Å². The maximum absolute atomic E-state index is 13.4. The molecule has 4 N–H and O–H groups in total. The van der Waals surface area contributed by atoms with Gasteiger partial charge in [0, 0.05) is 18.2 Å². The summed E-state index contributed by atoms with van der Waals surface area (Å²) in [6.45, 7) is 11.1. The van der Waals surface area contributed by atoms with E-state index in [9.17, 15) is 24.9 Å². The van der Waals surface area contributed by atoms with Crippen LogP contribution in [0.1, 0.15) is 49.4 Å². The number of hydrogen-bond donors (Lipinski definition) is 4. The van der Waals surface area contributed by atoms with Crippen LogP contribution in [-0.2, 0) is 15.9 Å². The number of H-pyrrole nitrogens is 1. The van der Waals surface area contributed by atoms with Gasteiger partial charge in [-0.05, 0) is 52.9 Å². The third-order valence-electron chi connectivity index (χ3n) is 11.2. The molecule has 0 saturated carbocycles. The number of aliphatic hydroxyl groups is 3. The highest BCUT2D eigenvalue weighted by atomic mass is 28.3. The summed E-state index contributed by atoms with van der Waals surface area (Å²) >= 11 is 0. The number of benzene rings is 3. The molecule has 1 aliphatic heterocycles. The first-order chi connectivity index (χ1) is 23.0. The molecule has 0 radical (unpaired) electrons. The van der Waals surface area contributed by atoms with Crippen LogP contribution in [0, 0.1) is 6.92 Å². The third kappa shape index (κ3) is 5.77. The molecular formula is C38H48N2O8Si. The van der Waals surface area contributed by atoms with Gasteiger partial charge < -0.3 is 29.5 Å². The van der Waals surface area contributed by atoms with Gasteiger partial charge in [-0.3, -0.25) is 14.3 Å². The van der Waals surface area contributed by atoms with Gasteiger partial charge >= 0.3 is 5.69 Å². The molecule has 1 aromatic heterocycles. The fourth-order valence-electron chi connectivity index (χ4n) is 7.28. The Kier molecular flexibility index (Phi) is 9.65. The van der Waals surface area contributed by atoms with Gasteiger partial charge in [0.25, 0.3) is 5.56 Å². The molecule has 11 heteroatoms. The van der Waals surface area contributed by atoms with Gasteiger partial charge in [0.2, 0.25) is 0 Å². The average molecular weight is 689 g/mol. The number of aliphatic hydroxyl groups excluding tert-OH is 2. The van der Waals surface area contributed by atoms with Crippen LogP contribution < -0.4 is 20.7 Å². The van der Waals surface area contributed by atoms with E-state index in [0.29, 0.717) is 22.6 Å². The second-order valence-corrected chi connectivity index (χ2v) is 20.3. The van der Waals surface area contributed by atoms with Crippen LogP contribution in [-0.4, -0.2) is 71.2 Å². The van der Waals surface area contributed by atoms with Crippen LogP contribution in [0.25, 0.3) is 0 Å². The van der Waals surface area contributed by atoms with E-state index < -0.39 is 59.5 Å². The Morgan fingerprint density at radius 2 is 1.41 bits per heavy atom. The van der Waals surface area contributed by atoms with Gasteiger partial charge in [-0.25, -0.2) is 4.79 Å². The lowest BCUT2D eigenvalue weighted by Crippen LogP contribution is -2.68. The van der Waals surface area contributed by atoms with Gasteiger partial charge in [-0.2, -0.15) is 0 Å². The molecule has 1 unspecified atom stereocenters. The highest BCUT2D eigenvalue weighted by Crippen LogP contribution is 2.57. The maximum atomic E-state index is 13.4. The van der Waals surface area contributed by atoms with Gasteiger partial charge in [0.15, 0.2) is 5.72 Å². The van der Waals surface area contributed by atoms with E-state index in [-0.39, 0.29) is 12.0 Å². The number of aryl methyl sites for hydroxylation is 1. The molecule has 262 valence electrons. The summed E-state index contributed by atoms with van der Waals surface area (Å²) in [5, 5.41) is 35.6. The van der Waals surface area contributed by atoms with Crippen molar-refractivity contribution in [2.24, 2.45) is 0 Å². The fraction of sp³-hybridized carbons (Fsp3) is 0.421. The lowest BCUT2D eigenvalue weighted by molar-refractivity contribution is -0.170. The second-order valence-electron chi connectivity index (χ2n) is 14.6. The van der Waals surface area contributed by atoms with E-state index in [0.717, 1.165) is 10.1 Å². The predicted molar refractivity (Wildman–Crippen MR) is 191 cm³/mol. The molecule has 0 spiro atoms. The van der Waals surface area contributed by atoms with Crippen molar-refractivity contribution in [1.29, 1.82) is 0 Å². The van der Waals surface area contributed by atoms with Crippen molar-refractivity contribution < 1.29 is 29.5 Å². The van der Waals surface area contributed by atoms with Gasteiger partial charge in [0.05, 0.1) is 39.5 Å². The molecule has 1 saturated heterocycles. The van der Waals surface area contributed by atoms with E-state index in [1.807, 2.05) is 113 Å². The van der Waals surface area contributed by atoms with Crippen molar-refractivity contribution in [3.63, 3.8) is 0 Å². The topological polar surface area (TPSA) is 143 Å². The summed E-state index contributed by atoms with van der Waals surface area (Å²) in [6.07, 6.45) is -1.71. The Labute approximate surface area is 288 Å². The second kappa shape index (κ2) is 13.0. The van der Waals surface area contributed by atoms with Gasteiger partial charge in [0.1, 0.15) is 23.7 Å². The van der Waals surface area contributed by atoms with Gasteiger partial charge in [-0.15, -0.1) is 0 Å². The Balaban J connectivity index is 1.88. The summed E-state index contributed by atoms with van der Waals surface area (Å²) in [5.41, 5.74) is -2.21. The Morgan fingerprint density at radius 3 is 1.86 bits per heavy atom. The maximum Gasteiger partial charge on any atom is 0.330 e. The number of ether oxygens (including phenoxy) is 3. The molecule has 0 aliphatic carbocycles. The number of methoxy groups -OCH3 is 2. The Morgan fingerprint density at radius 1 is 0.918 bits per heavy atom. The Hall–Kier alpha value is -4.00. The zero-order valence-electron chi connectivity index (χ0n) is 29.5. The first-order valence-corrected chi connectivity index (χ1v) is 19.4. The number of hydrogen-bond acceptors (Lipinski definition) is 8. The molecule has 4 atom stereocenters. The zero-order chi connectivity index (χ0) is 36.0. The van der Waals surface area contributed by atoms with Crippen LogP contribution in [0.2, 0.25) is 18.1 Å². The molecule has 5 rings (SSSR count). The number of rotatable bonds is 10. The summed E-state index contributed by atoms with van der Waals surface area (Å²) in [7, 11) is 0.183. The van der Waals surface area contributed by atoms with E-state index in [2.05, 4.69) is 4.98 Å². The SMILES string of the molecule is COc1ccc(C(c2ccccc2)(c2ccc(OC)cc2)C(O)[C@H]2O[C@@](CO)(n3cc(C)c(=O)[nH]c3=O)C[C@@]2(O)[Si](C)(C)C(C)(C)C)cc1. The van der Waals surface area contributed by atoms with Crippen LogP contribution in [0.5, 0.6) is 11.5 Å². The highest BCUT2D eigenvalue weighted by Gasteiger charge is 2.69. The summed E-state index contributed by atoms with van der Waals surface area (Å²) in [6, 6.07) is 24.3. The predicted octanol–water partition coefficient (Wildman–Crippen LogP) is 4.47. The van der Waals surface area contributed by atoms with Crippen LogP contribution in [0.3, 0.4) is 0 Å². The summed E-state index contributed by atoms with van der Waals surface area (Å²) in [4.78, 5) is 28.1. The van der Waals surface area contributed by atoms with Crippen LogP contribution in [0.4, 0.5) is 0 Å². The van der Waals surface area contributed by atoms with Crippen molar-refractivity contribution >= 4 is 8.07 Å². The molecule has 0 bridgehead atoms. The number of aromatic amines is 1. The van der Waals surface area contributed by atoms with E-state index in [4.69, 9.17) is 14.2 Å². The number of aromatic nitrogens is 2. The zero-order valence-corrected chi connectivity index (χ0v) is 30.5. The molecule has 49 heavy (non-hydrogen) atoms. The minimum atomic E-state index is -2.98. The molecular weight excluding hydrogens is 641 g/mol. The molecule has 10 nitrogen and oxygen atoms in total. The monoisotopic (exact) mass is 688 g/mol. The molecule has 1 fully saturated rings. The largest absolute Gasteiger partial charge is 0.497 e. The standard InChI is InChI=1S/C38H48N2O8Si/c1-25-22-40(34(44)39-33(25)43)36(24-41)23-37(45,49(7,8)35(2,3)4)32(48-36)31(42)38(26-12-10-9-11-13-26,27-14-18-29(46-5)19-15-27)28-16-20-30(47-6)21-17-28/h9-22,31-32,41-42,45H,23-24H2,1-8H3,(H,39,43,44)/t31?,32-,36+,37-/m1/s1. The van der Waals surface area contributed by atoms with E-state index in [1.165, 1.54) is 6.20 Å². The molecule has 0 amide bonds. The summed E-state index contributed by atoms with van der Waals surface area (Å²) in [5.74, 6) is 1.24. The first-order valence-electron chi connectivity index (χ1n) is 16.4. The normalized spacial score (nSPS) is 22.1. The lowest BCUT2D eigenvalue weighted by atomic mass is 9.64. The lowest BCUT2D eigenvalue weighted by Gasteiger charge is -2.52. The minimum Gasteiger partial charge on any atom is -0.497 e. The quantitative estimate of drug-likeness (QED) is 0.141. The van der Waals surface area contributed by atoms with E-state index in [1.54, 1.807) is 21.1 Å². The van der Waals surface area contributed by atoms with Crippen molar-refractivity contribution in [1.82, 2.24) is 9.55 Å². The van der Waals surface area contributed by atoms with E-state index >= 15 is 0 Å². The van der Waals surface area contributed by atoms with Crippen LogP contribution in [0.15, 0.2) is 94.6 Å². The summed E-state index contributed by atoms with van der Waals surface area (Å²) < 4.78 is 19.0. The van der Waals surface area contributed by atoms with Crippen LogP contribution >= 0.6 is 0 Å². The smallest absolute Gasteiger partial charge is 0.330 e. The molecule has 3 aromatic carbocycles. The average Bonchev–Trinajstić information content (AvgIpc) is 3.42. The molecule has 4 aromatic rings. The Bertz CT molecular complexity index is 1840. The fourth-order valence-corrected chi connectivity index (χ4v) is 10.2. The van der Waals surface area contributed by atoms with Crippen molar-refractivity contribution in [2.75, 3.05) is 20.8 Å². The first kappa shape index (κ1) is 36.3.